The third-order valence-corrected chi connectivity index (χ3v) is 2.42. The second kappa shape index (κ2) is 5.96. The number of nitrogens with zero attached hydrogens (tertiary/aromatic N) is 3. The molecule has 0 bridgehead atoms. The highest BCUT2D eigenvalue weighted by Gasteiger charge is 2.11. The lowest BCUT2D eigenvalue weighted by Gasteiger charge is -2.05. The number of ether oxygens (including phenoxy) is 1. The number of hydrogen-bond acceptors (Lipinski definition) is 5. The Hall–Kier alpha value is -2.42. The average Bonchev–Trinajstić information content (AvgIpc) is 2.84. The molecule has 0 saturated carbocycles. The summed E-state index contributed by atoms with van der Waals surface area (Å²) in [6, 6.07) is 5.96. The monoisotopic (exact) mass is 261 g/mol. The molecule has 2 aromatic rings. The van der Waals surface area contributed by atoms with Crippen molar-refractivity contribution in [3.05, 3.63) is 41.3 Å². The Morgan fingerprint density at radius 2 is 2.32 bits per heavy atom. The molecule has 0 unspecified atom stereocenters. The molecule has 0 N–H and O–H groups in total. The normalized spacial score (nSPS) is 10.2. The molecular formula is C13H12FN3O2. The molecule has 1 heterocycles. The van der Waals surface area contributed by atoms with E-state index in [1.807, 2.05) is 6.92 Å². The molecule has 0 aliphatic heterocycles. The minimum absolute atomic E-state index is 0.00878. The van der Waals surface area contributed by atoms with E-state index in [1.165, 1.54) is 18.2 Å². The van der Waals surface area contributed by atoms with Crippen molar-refractivity contribution in [2.75, 3.05) is 0 Å². The van der Waals surface area contributed by atoms with Gasteiger partial charge in [-0.3, -0.25) is 0 Å². The average molecular weight is 261 g/mol. The van der Waals surface area contributed by atoms with Gasteiger partial charge in [-0.2, -0.15) is 10.2 Å². The van der Waals surface area contributed by atoms with Crippen molar-refractivity contribution in [3.8, 4) is 11.8 Å². The summed E-state index contributed by atoms with van der Waals surface area (Å²) in [5, 5.41) is 12.6. The Bertz CT molecular complexity index is 604. The summed E-state index contributed by atoms with van der Waals surface area (Å²) in [5.74, 6) is 0.465. The molecule has 0 atom stereocenters. The van der Waals surface area contributed by atoms with Gasteiger partial charge in [0.2, 0.25) is 0 Å². The van der Waals surface area contributed by atoms with Crippen LogP contribution in [-0.2, 0) is 13.0 Å². The molecule has 6 heteroatoms. The van der Waals surface area contributed by atoms with E-state index in [0.29, 0.717) is 11.7 Å². The molecule has 0 aliphatic carbocycles. The highest BCUT2D eigenvalue weighted by atomic mass is 19.1. The summed E-state index contributed by atoms with van der Waals surface area (Å²) in [6.45, 7) is 2.02. The predicted octanol–water partition coefficient (Wildman–Crippen LogP) is 2.61. The number of halogens is 1. The standard InChI is InChI=1S/C13H12FN3O2/c1-2-4-12-16-13(19-17-12)8-18-11-6-3-5-10(14)9(11)7-15/h3,5-6H,2,4,8H2,1H3. The van der Waals surface area contributed by atoms with Crippen LogP contribution in [0.15, 0.2) is 22.7 Å². The molecule has 0 radical (unpaired) electrons. The van der Waals surface area contributed by atoms with Crippen molar-refractivity contribution in [1.29, 1.82) is 5.26 Å². The zero-order chi connectivity index (χ0) is 13.7. The molecule has 0 saturated heterocycles. The number of hydrogen-bond donors (Lipinski definition) is 0. The Morgan fingerprint density at radius 3 is 3.05 bits per heavy atom. The maximum absolute atomic E-state index is 13.3. The SMILES string of the molecule is CCCc1noc(COc2cccc(F)c2C#N)n1. The largest absolute Gasteiger partial charge is 0.482 e. The van der Waals surface area contributed by atoms with E-state index in [4.69, 9.17) is 14.5 Å². The molecule has 0 aliphatic rings. The van der Waals surface area contributed by atoms with Crippen LogP contribution in [0.1, 0.15) is 30.6 Å². The topological polar surface area (TPSA) is 71.9 Å². The van der Waals surface area contributed by atoms with Gasteiger partial charge in [0.25, 0.3) is 5.89 Å². The van der Waals surface area contributed by atoms with Gasteiger partial charge in [0.15, 0.2) is 12.4 Å². The van der Waals surface area contributed by atoms with Gasteiger partial charge >= 0.3 is 0 Å². The maximum Gasteiger partial charge on any atom is 0.264 e. The molecular weight excluding hydrogens is 249 g/mol. The fraction of sp³-hybridized carbons (Fsp3) is 0.308. The van der Waals surface area contributed by atoms with Gasteiger partial charge in [-0.05, 0) is 18.6 Å². The molecule has 0 fully saturated rings. The maximum atomic E-state index is 13.3. The Morgan fingerprint density at radius 1 is 1.47 bits per heavy atom. The van der Waals surface area contributed by atoms with Crippen molar-refractivity contribution in [2.24, 2.45) is 0 Å². The van der Waals surface area contributed by atoms with Crippen molar-refractivity contribution < 1.29 is 13.7 Å². The van der Waals surface area contributed by atoms with Crippen molar-refractivity contribution in [3.63, 3.8) is 0 Å². The summed E-state index contributed by atoms with van der Waals surface area (Å²) >= 11 is 0. The summed E-state index contributed by atoms with van der Waals surface area (Å²) in [6.07, 6.45) is 1.65. The van der Waals surface area contributed by atoms with E-state index in [0.717, 1.165) is 12.8 Å². The van der Waals surface area contributed by atoms with E-state index >= 15 is 0 Å². The van der Waals surface area contributed by atoms with Crippen molar-refractivity contribution in [2.45, 2.75) is 26.4 Å². The summed E-state index contributed by atoms with van der Waals surface area (Å²) < 4.78 is 23.6. The van der Waals surface area contributed by atoms with Crippen LogP contribution in [-0.4, -0.2) is 10.1 Å². The fourth-order valence-corrected chi connectivity index (χ4v) is 1.55. The fourth-order valence-electron chi connectivity index (χ4n) is 1.55. The van der Waals surface area contributed by atoms with Gasteiger partial charge in [0.1, 0.15) is 23.2 Å². The molecule has 5 nitrogen and oxygen atoms in total. The van der Waals surface area contributed by atoms with Gasteiger partial charge < -0.3 is 9.26 Å². The van der Waals surface area contributed by atoms with Crippen LogP contribution in [0.4, 0.5) is 4.39 Å². The van der Waals surface area contributed by atoms with Crippen LogP contribution in [0.25, 0.3) is 0 Å². The van der Waals surface area contributed by atoms with Gasteiger partial charge in [-0.15, -0.1) is 0 Å². The Labute approximate surface area is 109 Å². The number of benzene rings is 1. The Kier molecular flexibility index (Phi) is 4.08. The number of aromatic nitrogens is 2. The van der Waals surface area contributed by atoms with Crippen LogP contribution < -0.4 is 4.74 Å². The highest BCUT2D eigenvalue weighted by molar-refractivity contribution is 5.43. The summed E-state index contributed by atoms with van der Waals surface area (Å²) in [4.78, 5) is 4.11. The third-order valence-electron chi connectivity index (χ3n) is 2.42. The molecule has 1 aromatic carbocycles. The highest BCUT2D eigenvalue weighted by Crippen LogP contribution is 2.21. The van der Waals surface area contributed by atoms with E-state index in [9.17, 15) is 4.39 Å². The van der Waals surface area contributed by atoms with Crippen LogP contribution in [0.3, 0.4) is 0 Å². The van der Waals surface area contributed by atoms with Gasteiger partial charge in [0, 0.05) is 6.42 Å². The lowest BCUT2D eigenvalue weighted by Crippen LogP contribution is -1.99. The quantitative estimate of drug-likeness (QED) is 0.827. The van der Waals surface area contributed by atoms with Gasteiger partial charge in [0.05, 0.1) is 0 Å². The Balaban J connectivity index is 2.06. The first-order chi connectivity index (χ1) is 9.24. The van der Waals surface area contributed by atoms with Crippen LogP contribution in [0.5, 0.6) is 5.75 Å². The van der Waals surface area contributed by atoms with Crippen LogP contribution >= 0.6 is 0 Å². The van der Waals surface area contributed by atoms with E-state index in [1.54, 1.807) is 6.07 Å². The van der Waals surface area contributed by atoms with Crippen molar-refractivity contribution >= 4 is 0 Å². The summed E-state index contributed by atoms with van der Waals surface area (Å²) in [5.41, 5.74) is -0.129. The molecule has 2 rings (SSSR count). The first-order valence-electron chi connectivity index (χ1n) is 5.87. The lowest BCUT2D eigenvalue weighted by atomic mass is 10.2. The third kappa shape index (κ3) is 3.07. The van der Waals surface area contributed by atoms with E-state index in [-0.39, 0.29) is 17.9 Å². The second-order valence-corrected chi connectivity index (χ2v) is 3.87. The molecule has 19 heavy (non-hydrogen) atoms. The van der Waals surface area contributed by atoms with Crippen molar-refractivity contribution in [1.82, 2.24) is 10.1 Å². The molecule has 98 valence electrons. The van der Waals surface area contributed by atoms with Gasteiger partial charge in [-0.25, -0.2) is 4.39 Å². The lowest BCUT2D eigenvalue weighted by molar-refractivity contribution is 0.241. The van der Waals surface area contributed by atoms with Crippen LogP contribution in [0, 0.1) is 17.1 Å². The van der Waals surface area contributed by atoms with E-state index < -0.39 is 5.82 Å². The number of nitriles is 1. The number of rotatable bonds is 5. The van der Waals surface area contributed by atoms with E-state index in [2.05, 4.69) is 10.1 Å². The van der Waals surface area contributed by atoms with Crippen LogP contribution in [0.2, 0.25) is 0 Å². The smallest absolute Gasteiger partial charge is 0.264 e. The first-order valence-corrected chi connectivity index (χ1v) is 5.87. The molecule has 0 spiro atoms. The van der Waals surface area contributed by atoms with Gasteiger partial charge in [-0.1, -0.05) is 18.1 Å². The minimum Gasteiger partial charge on any atom is -0.482 e. The first kappa shape index (κ1) is 13.0. The zero-order valence-electron chi connectivity index (χ0n) is 10.4. The second-order valence-electron chi connectivity index (χ2n) is 3.87. The summed E-state index contributed by atoms with van der Waals surface area (Å²) in [7, 11) is 0. The number of aryl methyl sites for hydroxylation is 1. The zero-order valence-corrected chi connectivity index (χ0v) is 10.4. The molecule has 0 amide bonds. The predicted molar refractivity (Wildman–Crippen MR) is 63.7 cm³/mol. The molecule has 1 aromatic heterocycles. The minimum atomic E-state index is -0.614.